The number of rotatable bonds is 4. The Morgan fingerprint density at radius 2 is 2.12 bits per heavy atom. The van der Waals surface area contributed by atoms with Crippen molar-refractivity contribution in [1.29, 1.82) is 5.26 Å². The molecule has 0 unspecified atom stereocenters. The SMILES string of the molecule is N#Cc1cc(C2=CCNC=C2)sc1NC(=O)Cc1c(Cl)cccc1Cl. The third-order valence-corrected chi connectivity index (χ3v) is 5.42. The van der Waals surface area contributed by atoms with Gasteiger partial charge in [0.1, 0.15) is 11.1 Å². The molecule has 1 aliphatic heterocycles. The van der Waals surface area contributed by atoms with E-state index in [1.165, 1.54) is 11.3 Å². The van der Waals surface area contributed by atoms with Crippen molar-refractivity contribution < 1.29 is 4.79 Å². The molecule has 1 aromatic carbocycles. The number of allylic oxidation sites excluding steroid dienone is 2. The highest BCUT2D eigenvalue weighted by molar-refractivity contribution is 7.17. The fraction of sp³-hybridized carbons (Fsp3) is 0.111. The van der Waals surface area contributed by atoms with E-state index in [4.69, 9.17) is 23.2 Å². The lowest BCUT2D eigenvalue weighted by Gasteiger charge is -2.07. The van der Waals surface area contributed by atoms with E-state index in [-0.39, 0.29) is 12.3 Å². The molecule has 1 amide bonds. The number of hydrogen-bond acceptors (Lipinski definition) is 4. The van der Waals surface area contributed by atoms with E-state index in [0.717, 1.165) is 17.0 Å². The highest BCUT2D eigenvalue weighted by Gasteiger charge is 2.16. The average molecular weight is 390 g/mol. The second-order valence-electron chi connectivity index (χ2n) is 5.29. The van der Waals surface area contributed by atoms with Crippen molar-refractivity contribution in [1.82, 2.24) is 5.32 Å². The fourth-order valence-corrected chi connectivity index (χ4v) is 3.95. The van der Waals surface area contributed by atoms with Crippen LogP contribution in [0, 0.1) is 11.3 Å². The Bertz CT molecular complexity index is 905. The van der Waals surface area contributed by atoms with Gasteiger partial charge in [-0.1, -0.05) is 35.3 Å². The van der Waals surface area contributed by atoms with Gasteiger partial charge in [0.05, 0.1) is 12.0 Å². The number of anilines is 1. The van der Waals surface area contributed by atoms with Crippen LogP contribution in [0.3, 0.4) is 0 Å². The van der Waals surface area contributed by atoms with Gasteiger partial charge in [0, 0.05) is 21.5 Å². The summed E-state index contributed by atoms with van der Waals surface area (Å²) in [6.45, 7) is 0.734. The zero-order valence-electron chi connectivity index (χ0n) is 13.0. The predicted molar refractivity (Wildman–Crippen MR) is 103 cm³/mol. The summed E-state index contributed by atoms with van der Waals surface area (Å²) in [5.74, 6) is -0.269. The molecule has 2 heterocycles. The zero-order chi connectivity index (χ0) is 17.8. The van der Waals surface area contributed by atoms with Crippen LogP contribution in [-0.4, -0.2) is 12.5 Å². The van der Waals surface area contributed by atoms with Gasteiger partial charge in [-0.05, 0) is 41.6 Å². The van der Waals surface area contributed by atoms with E-state index in [9.17, 15) is 10.1 Å². The number of carbonyl (C=O) groups is 1. The van der Waals surface area contributed by atoms with Crippen molar-refractivity contribution in [2.24, 2.45) is 0 Å². The molecule has 0 spiro atoms. The largest absolute Gasteiger partial charge is 0.387 e. The van der Waals surface area contributed by atoms with Crippen molar-refractivity contribution in [3.8, 4) is 6.07 Å². The van der Waals surface area contributed by atoms with Crippen LogP contribution in [0.1, 0.15) is 16.0 Å². The molecule has 0 saturated carbocycles. The van der Waals surface area contributed by atoms with E-state index in [1.807, 2.05) is 18.4 Å². The second kappa shape index (κ2) is 7.75. The lowest BCUT2D eigenvalue weighted by molar-refractivity contribution is -0.115. The molecule has 25 heavy (non-hydrogen) atoms. The van der Waals surface area contributed by atoms with Crippen LogP contribution in [0.25, 0.3) is 5.57 Å². The van der Waals surface area contributed by atoms with Crippen LogP contribution in [0.15, 0.2) is 42.6 Å². The fourth-order valence-electron chi connectivity index (χ4n) is 2.38. The van der Waals surface area contributed by atoms with Gasteiger partial charge in [0.25, 0.3) is 0 Å². The first-order chi connectivity index (χ1) is 12.1. The van der Waals surface area contributed by atoms with Crippen LogP contribution in [0.2, 0.25) is 10.0 Å². The predicted octanol–water partition coefficient (Wildman–Crippen LogP) is 4.61. The highest BCUT2D eigenvalue weighted by Crippen LogP contribution is 2.33. The Kier molecular flexibility index (Phi) is 5.44. The van der Waals surface area contributed by atoms with E-state index in [1.54, 1.807) is 24.3 Å². The highest BCUT2D eigenvalue weighted by atomic mass is 35.5. The Balaban J connectivity index is 1.79. The van der Waals surface area contributed by atoms with Gasteiger partial charge in [-0.2, -0.15) is 5.26 Å². The van der Waals surface area contributed by atoms with Gasteiger partial charge >= 0.3 is 0 Å². The maximum atomic E-state index is 12.4. The molecule has 4 nitrogen and oxygen atoms in total. The number of nitrogens with one attached hydrogen (secondary N) is 2. The van der Waals surface area contributed by atoms with E-state index < -0.39 is 0 Å². The van der Waals surface area contributed by atoms with E-state index in [0.29, 0.717) is 26.2 Å². The quantitative estimate of drug-likeness (QED) is 0.802. The standard InChI is InChI=1S/C18H13Cl2N3OS/c19-14-2-1-3-15(20)13(14)9-17(24)23-18-12(10-21)8-16(25-18)11-4-6-22-7-5-11/h1-6,8,22H,7,9H2,(H,23,24). The van der Waals surface area contributed by atoms with Crippen LogP contribution >= 0.6 is 34.5 Å². The number of nitrogens with zero attached hydrogens (tertiary/aromatic N) is 1. The van der Waals surface area contributed by atoms with Crippen molar-refractivity contribution in [3.05, 3.63) is 68.7 Å². The number of benzene rings is 1. The number of halogens is 2. The van der Waals surface area contributed by atoms with Crippen molar-refractivity contribution in [3.63, 3.8) is 0 Å². The van der Waals surface area contributed by atoms with Gasteiger partial charge in [-0.15, -0.1) is 11.3 Å². The zero-order valence-corrected chi connectivity index (χ0v) is 15.3. The van der Waals surface area contributed by atoms with Crippen molar-refractivity contribution in [2.75, 3.05) is 11.9 Å². The molecular formula is C18H13Cl2N3OS. The molecule has 0 fully saturated rings. The van der Waals surface area contributed by atoms with Gasteiger partial charge < -0.3 is 10.6 Å². The number of nitriles is 1. The molecule has 126 valence electrons. The van der Waals surface area contributed by atoms with Crippen molar-refractivity contribution >= 4 is 51.0 Å². The molecule has 2 N–H and O–H groups in total. The first-order valence-electron chi connectivity index (χ1n) is 7.45. The molecule has 0 atom stereocenters. The minimum atomic E-state index is -0.269. The third-order valence-electron chi connectivity index (χ3n) is 3.61. The first-order valence-corrected chi connectivity index (χ1v) is 9.03. The minimum Gasteiger partial charge on any atom is -0.387 e. The van der Waals surface area contributed by atoms with Crippen LogP contribution < -0.4 is 10.6 Å². The van der Waals surface area contributed by atoms with Gasteiger partial charge in [-0.25, -0.2) is 0 Å². The molecule has 3 rings (SSSR count). The number of hydrogen-bond donors (Lipinski definition) is 2. The van der Waals surface area contributed by atoms with Gasteiger partial charge in [0.15, 0.2) is 0 Å². The summed E-state index contributed by atoms with van der Waals surface area (Å²) in [5, 5.41) is 16.6. The summed E-state index contributed by atoms with van der Waals surface area (Å²) in [6.07, 6.45) is 5.87. The second-order valence-corrected chi connectivity index (χ2v) is 7.16. The van der Waals surface area contributed by atoms with Gasteiger partial charge in [0.2, 0.25) is 5.91 Å². The van der Waals surface area contributed by atoms with E-state index in [2.05, 4.69) is 16.7 Å². The summed E-state index contributed by atoms with van der Waals surface area (Å²) < 4.78 is 0. The van der Waals surface area contributed by atoms with E-state index >= 15 is 0 Å². The Morgan fingerprint density at radius 1 is 1.36 bits per heavy atom. The number of amides is 1. The molecule has 0 radical (unpaired) electrons. The van der Waals surface area contributed by atoms with Gasteiger partial charge in [-0.3, -0.25) is 4.79 Å². The number of dihydropyridines is 1. The molecule has 0 saturated heterocycles. The minimum absolute atomic E-state index is 0.0448. The maximum absolute atomic E-state index is 12.4. The Labute approximate surface area is 159 Å². The third kappa shape index (κ3) is 4.05. The smallest absolute Gasteiger partial charge is 0.229 e. The van der Waals surface area contributed by atoms with Crippen molar-refractivity contribution in [2.45, 2.75) is 6.42 Å². The number of carbonyl (C=O) groups excluding carboxylic acids is 1. The lowest BCUT2D eigenvalue weighted by atomic mass is 10.1. The molecule has 7 heteroatoms. The summed E-state index contributed by atoms with van der Waals surface area (Å²) in [6, 6.07) is 9.01. The summed E-state index contributed by atoms with van der Waals surface area (Å²) >= 11 is 13.6. The normalized spacial score (nSPS) is 12.9. The Hall–Kier alpha value is -2.26. The monoisotopic (exact) mass is 389 g/mol. The Morgan fingerprint density at radius 3 is 2.76 bits per heavy atom. The first kappa shape index (κ1) is 17.6. The van der Waals surface area contributed by atoms with Crippen LogP contribution in [-0.2, 0) is 11.2 Å². The lowest BCUT2D eigenvalue weighted by Crippen LogP contribution is -2.14. The topological polar surface area (TPSA) is 64.9 Å². The molecule has 0 bridgehead atoms. The molecular weight excluding hydrogens is 377 g/mol. The summed E-state index contributed by atoms with van der Waals surface area (Å²) in [7, 11) is 0. The molecule has 2 aromatic rings. The average Bonchev–Trinajstić information content (AvgIpc) is 3.02. The maximum Gasteiger partial charge on any atom is 0.229 e. The van der Waals surface area contributed by atoms with Crippen LogP contribution in [0.5, 0.6) is 0 Å². The summed E-state index contributed by atoms with van der Waals surface area (Å²) in [4.78, 5) is 13.3. The summed E-state index contributed by atoms with van der Waals surface area (Å²) in [5.41, 5.74) is 2.03. The molecule has 1 aromatic heterocycles. The molecule has 1 aliphatic rings. The van der Waals surface area contributed by atoms with Crippen LogP contribution in [0.4, 0.5) is 5.00 Å². The molecule has 0 aliphatic carbocycles. The number of thiophene rings is 1.